The van der Waals surface area contributed by atoms with Gasteiger partial charge in [0.25, 0.3) is 0 Å². The maximum absolute atomic E-state index is 13.8. The van der Waals surface area contributed by atoms with Crippen LogP contribution in [-0.4, -0.2) is 56.0 Å². The lowest BCUT2D eigenvalue weighted by molar-refractivity contribution is -0.770. The van der Waals surface area contributed by atoms with Gasteiger partial charge in [-0.3, -0.25) is 9.32 Å². The quantitative estimate of drug-likeness (QED) is 0.158. The Labute approximate surface area is 211 Å². The number of alkyl halides is 1. The third-order valence-corrected chi connectivity index (χ3v) is 8.10. The van der Waals surface area contributed by atoms with Gasteiger partial charge in [-0.1, -0.05) is 18.2 Å². The molecule has 0 amide bonds. The maximum Gasteiger partial charge on any atom is 0.459 e. The zero-order valence-electron chi connectivity index (χ0n) is 20.0. The fraction of sp³-hybridized carbons (Fsp3) is 0.500. The molecule has 2 aliphatic rings. The molecule has 2 heterocycles. The highest BCUT2D eigenvalue weighted by atomic mass is 35.5. The second-order valence-corrected chi connectivity index (χ2v) is 11.5. The van der Waals surface area contributed by atoms with Crippen LogP contribution in [0.5, 0.6) is 11.8 Å². The van der Waals surface area contributed by atoms with Crippen LogP contribution < -0.4 is 19.7 Å². The van der Waals surface area contributed by atoms with Crippen molar-refractivity contribution in [2.75, 3.05) is 0 Å². The fourth-order valence-electron chi connectivity index (χ4n) is 4.07. The SMILES string of the molecule is CC(C)OC(=O)[C@@H](C)NP(=O)(Oc1ccccc1)OC1[C@H]2O[C@@H]([n+]3ccc(=O)[nH]c3O)[C@](C)(Cl)[C@@]12O. The normalized spacial score (nSPS) is 31.4. The highest BCUT2D eigenvalue weighted by molar-refractivity contribution is 7.52. The van der Waals surface area contributed by atoms with Crippen LogP contribution in [0.4, 0.5) is 0 Å². The van der Waals surface area contributed by atoms with Crippen LogP contribution in [0.25, 0.3) is 0 Å². The van der Waals surface area contributed by atoms with Crippen LogP contribution in [-0.2, 0) is 23.4 Å². The first-order valence-electron chi connectivity index (χ1n) is 11.2. The lowest BCUT2D eigenvalue weighted by Crippen LogP contribution is -2.55. The third kappa shape index (κ3) is 4.77. The van der Waals surface area contributed by atoms with E-state index in [9.17, 15) is 24.4 Å². The second-order valence-electron chi connectivity index (χ2n) is 9.11. The van der Waals surface area contributed by atoms with E-state index in [0.29, 0.717) is 0 Å². The number of ether oxygens (including phenoxy) is 2. The molecule has 0 radical (unpaired) electrons. The van der Waals surface area contributed by atoms with Crippen molar-refractivity contribution < 1.29 is 42.7 Å². The molecule has 2 fully saturated rings. The largest absolute Gasteiger partial charge is 0.462 e. The number of aromatic amines is 1. The van der Waals surface area contributed by atoms with Gasteiger partial charge in [-0.15, -0.1) is 11.6 Å². The molecule has 1 aromatic carbocycles. The van der Waals surface area contributed by atoms with E-state index < -0.39 is 66.3 Å². The van der Waals surface area contributed by atoms with Gasteiger partial charge < -0.3 is 24.2 Å². The van der Waals surface area contributed by atoms with E-state index in [0.717, 1.165) is 10.6 Å². The number of aromatic nitrogens is 2. The Kier molecular flexibility index (Phi) is 6.97. The molecule has 36 heavy (non-hydrogen) atoms. The number of esters is 1. The number of rotatable bonds is 9. The van der Waals surface area contributed by atoms with Gasteiger partial charge in [0.2, 0.25) is 6.23 Å². The Morgan fingerprint density at radius 1 is 1.28 bits per heavy atom. The van der Waals surface area contributed by atoms with Gasteiger partial charge in [-0.05, 0) is 39.8 Å². The zero-order chi connectivity index (χ0) is 26.5. The molecule has 4 N–H and O–H groups in total. The van der Waals surface area contributed by atoms with Gasteiger partial charge in [0.15, 0.2) is 0 Å². The van der Waals surface area contributed by atoms with Crippen molar-refractivity contribution in [1.82, 2.24) is 10.1 Å². The number of benzene rings is 1. The maximum atomic E-state index is 13.8. The van der Waals surface area contributed by atoms with Crippen LogP contribution in [0.15, 0.2) is 47.4 Å². The van der Waals surface area contributed by atoms with Crippen molar-refractivity contribution in [2.24, 2.45) is 0 Å². The lowest BCUT2D eigenvalue weighted by Gasteiger charge is -2.31. The topological polar surface area (TPSA) is 160 Å². The predicted molar refractivity (Wildman–Crippen MR) is 125 cm³/mol. The van der Waals surface area contributed by atoms with Crippen LogP contribution in [0, 0.1) is 0 Å². The first-order valence-corrected chi connectivity index (χ1v) is 13.1. The number of aromatic hydroxyl groups is 1. The fourth-order valence-corrected chi connectivity index (χ4v) is 6.15. The van der Waals surface area contributed by atoms with Gasteiger partial charge in [0.1, 0.15) is 40.7 Å². The van der Waals surface area contributed by atoms with Crippen molar-refractivity contribution >= 4 is 25.3 Å². The summed E-state index contributed by atoms with van der Waals surface area (Å²) in [5.41, 5.74) is -2.40. The van der Waals surface area contributed by atoms with E-state index in [1.165, 1.54) is 20.0 Å². The number of nitrogens with one attached hydrogen (secondary N) is 2. The third-order valence-electron chi connectivity index (χ3n) is 5.95. The first-order chi connectivity index (χ1) is 16.8. The van der Waals surface area contributed by atoms with E-state index in [1.807, 2.05) is 0 Å². The molecule has 2 aromatic rings. The van der Waals surface area contributed by atoms with Gasteiger partial charge in [-0.2, -0.15) is 14.6 Å². The first kappa shape index (κ1) is 26.6. The number of carbonyl (C=O) groups excluding carboxylic acids is 1. The zero-order valence-corrected chi connectivity index (χ0v) is 21.6. The van der Waals surface area contributed by atoms with Crippen LogP contribution in [0.3, 0.4) is 0 Å². The molecule has 1 aliphatic heterocycles. The average molecular weight is 545 g/mol. The summed E-state index contributed by atoms with van der Waals surface area (Å²) in [7, 11) is -4.30. The Hall–Kier alpha value is -2.47. The number of fused-ring (bicyclic) bond motifs is 1. The Morgan fingerprint density at radius 3 is 2.50 bits per heavy atom. The van der Waals surface area contributed by atoms with E-state index in [4.69, 9.17) is 30.1 Å². The van der Waals surface area contributed by atoms with Crippen molar-refractivity contribution in [3.63, 3.8) is 0 Å². The number of hydrogen-bond acceptors (Lipinski definition) is 9. The molecule has 1 saturated carbocycles. The molecule has 4 rings (SSSR count). The number of nitrogens with zero attached hydrogens (tertiary/aromatic N) is 1. The lowest BCUT2D eigenvalue weighted by atomic mass is 10.0. The number of aliphatic hydroxyl groups is 1. The molecule has 0 bridgehead atoms. The van der Waals surface area contributed by atoms with E-state index in [2.05, 4.69) is 10.1 Å². The smallest absolute Gasteiger partial charge is 0.459 e. The molecular formula is C22H28ClN3O9P+. The van der Waals surface area contributed by atoms with Gasteiger partial charge in [-0.25, -0.2) is 9.36 Å². The van der Waals surface area contributed by atoms with Gasteiger partial charge in [0, 0.05) is 0 Å². The summed E-state index contributed by atoms with van der Waals surface area (Å²) in [4.78, 5) is 24.4. The molecular weight excluding hydrogens is 517 g/mol. The molecule has 196 valence electrons. The Bertz CT molecular complexity index is 1240. The highest BCUT2D eigenvalue weighted by Gasteiger charge is 2.85. The Balaban J connectivity index is 1.57. The molecule has 2 unspecified atom stereocenters. The minimum atomic E-state index is -4.30. The van der Waals surface area contributed by atoms with Crippen molar-refractivity contribution in [2.45, 2.75) is 68.8 Å². The molecule has 0 spiro atoms. The van der Waals surface area contributed by atoms with Crippen molar-refractivity contribution in [3.05, 3.63) is 52.9 Å². The van der Waals surface area contributed by atoms with Crippen molar-refractivity contribution in [3.8, 4) is 11.8 Å². The number of hydrogen-bond donors (Lipinski definition) is 4. The summed E-state index contributed by atoms with van der Waals surface area (Å²) in [6.07, 6.45) is -2.51. The minimum Gasteiger partial charge on any atom is -0.462 e. The van der Waals surface area contributed by atoms with Crippen LogP contribution in [0.1, 0.15) is 33.9 Å². The number of H-pyrrole nitrogens is 1. The summed E-state index contributed by atoms with van der Waals surface area (Å²) < 4.78 is 37.3. The van der Waals surface area contributed by atoms with E-state index >= 15 is 0 Å². The molecule has 1 aromatic heterocycles. The van der Waals surface area contributed by atoms with E-state index in [-0.39, 0.29) is 5.75 Å². The van der Waals surface area contributed by atoms with Crippen LogP contribution >= 0.6 is 19.3 Å². The predicted octanol–water partition coefficient (Wildman–Crippen LogP) is 1.51. The second kappa shape index (κ2) is 9.44. The highest BCUT2D eigenvalue weighted by Crippen LogP contribution is 2.66. The van der Waals surface area contributed by atoms with Crippen LogP contribution in [0.2, 0.25) is 0 Å². The number of para-hydroxylation sites is 1. The standard InChI is InChI=1S/C22H27ClN3O9P/c1-12(2)32-18(28)13(3)25-36(31,34-14-8-6-5-7-9-14)35-17-16-22(17,30)21(4,23)19(33-16)26-11-10-15(27)24-20(26)29/h5-13,16-17,19,30H,1-4H3,(H2,24,25,27,29,31)/p+1/t13-,16-,17?,19-,21+,22+,36?/m1/s1. The molecule has 7 atom stereocenters. The van der Waals surface area contributed by atoms with Gasteiger partial charge >= 0.3 is 25.3 Å². The summed E-state index contributed by atoms with van der Waals surface area (Å²) in [6, 6.07) is 7.69. The summed E-state index contributed by atoms with van der Waals surface area (Å²) in [6.45, 7) is 6.25. The molecule has 12 nitrogen and oxygen atoms in total. The average Bonchev–Trinajstić information content (AvgIpc) is 3.27. The van der Waals surface area contributed by atoms with E-state index in [1.54, 1.807) is 44.2 Å². The summed E-state index contributed by atoms with van der Waals surface area (Å²) in [5.74, 6) is -0.486. The summed E-state index contributed by atoms with van der Waals surface area (Å²) >= 11 is 6.71. The number of halogens is 1. The summed E-state index contributed by atoms with van der Waals surface area (Å²) in [5, 5.41) is 24.1. The molecule has 1 saturated heterocycles. The minimum absolute atomic E-state index is 0.191. The monoisotopic (exact) mass is 544 g/mol. The molecule has 1 aliphatic carbocycles. The molecule has 14 heteroatoms. The Morgan fingerprint density at radius 2 is 1.94 bits per heavy atom. The van der Waals surface area contributed by atoms with Gasteiger partial charge in [0.05, 0.1) is 12.2 Å². The van der Waals surface area contributed by atoms with Crippen molar-refractivity contribution in [1.29, 1.82) is 0 Å². The number of carbonyl (C=O) groups is 1.